The summed E-state index contributed by atoms with van der Waals surface area (Å²) < 4.78 is 5.67. The van der Waals surface area contributed by atoms with Gasteiger partial charge in [-0.1, -0.05) is 41.4 Å². The molecule has 2 aromatic rings. The van der Waals surface area contributed by atoms with E-state index in [1.807, 2.05) is 39.0 Å². The number of rotatable bonds is 9. The molecular weight excluding hydrogens is 435 g/mol. The van der Waals surface area contributed by atoms with Gasteiger partial charge in [0.2, 0.25) is 11.8 Å². The van der Waals surface area contributed by atoms with Crippen LogP contribution in [0.2, 0.25) is 10.0 Å². The first kappa shape index (κ1) is 25.0. The molecule has 2 aromatic carbocycles. The number of nitrogens with one attached hydrogen (secondary N) is 1. The van der Waals surface area contributed by atoms with Gasteiger partial charge in [0.05, 0.1) is 6.61 Å². The van der Waals surface area contributed by atoms with Gasteiger partial charge in [0.1, 0.15) is 11.8 Å². The Morgan fingerprint density at radius 1 is 1.06 bits per heavy atom. The lowest BCUT2D eigenvalue weighted by Gasteiger charge is -2.31. The topological polar surface area (TPSA) is 58.6 Å². The minimum atomic E-state index is -0.639. The van der Waals surface area contributed by atoms with Crippen molar-refractivity contribution in [1.82, 2.24) is 10.2 Å². The van der Waals surface area contributed by atoms with E-state index >= 15 is 0 Å². The summed E-state index contributed by atoms with van der Waals surface area (Å²) in [6.07, 6.45) is 0.777. The van der Waals surface area contributed by atoms with Gasteiger partial charge in [0, 0.05) is 28.5 Å². The van der Waals surface area contributed by atoms with E-state index in [9.17, 15) is 9.59 Å². The number of halogens is 2. The largest absolute Gasteiger partial charge is 0.494 e. The molecule has 0 aliphatic rings. The first-order valence-corrected chi connectivity index (χ1v) is 11.1. The zero-order chi connectivity index (χ0) is 23.0. The molecule has 0 unspecified atom stereocenters. The molecule has 0 saturated carbocycles. The molecule has 1 N–H and O–H groups in total. The van der Waals surface area contributed by atoms with E-state index in [0.29, 0.717) is 28.8 Å². The highest BCUT2D eigenvalue weighted by Crippen LogP contribution is 2.20. The summed E-state index contributed by atoms with van der Waals surface area (Å²) in [6.45, 7) is 8.11. The summed E-state index contributed by atoms with van der Waals surface area (Å²) in [5.74, 6) is 0.365. The smallest absolute Gasteiger partial charge is 0.242 e. The monoisotopic (exact) mass is 464 g/mol. The van der Waals surface area contributed by atoms with Crippen LogP contribution < -0.4 is 10.1 Å². The molecule has 0 bridgehead atoms. The normalized spacial score (nSPS) is 12.2. The highest BCUT2D eigenvalue weighted by atomic mass is 35.5. The van der Waals surface area contributed by atoms with Crippen LogP contribution in [-0.4, -0.2) is 34.9 Å². The molecule has 0 aliphatic heterocycles. The summed E-state index contributed by atoms with van der Waals surface area (Å²) >= 11 is 12.2. The molecule has 2 rings (SSSR count). The van der Waals surface area contributed by atoms with E-state index in [0.717, 1.165) is 5.56 Å². The number of hydrogen-bond acceptors (Lipinski definition) is 3. The Morgan fingerprint density at radius 2 is 1.71 bits per heavy atom. The highest BCUT2D eigenvalue weighted by molar-refractivity contribution is 6.31. The third kappa shape index (κ3) is 8.42. The van der Waals surface area contributed by atoms with Gasteiger partial charge in [-0.15, -0.1) is 0 Å². The third-order valence-corrected chi connectivity index (χ3v) is 5.20. The number of ether oxygens (including phenoxy) is 1. The Bertz CT molecular complexity index is 879. The molecule has 0 fully saturated rings. The molecule has 31 heavy (non-hydrogen) atoms. The number of benzene rings is 2. The van der Waals surface area contributed by atoms with Gasteiger partial charge >= 0.3 is 0 Å². The average Bonchev–Trinajstić information content (AvgIpc) is 2.70. The van der Waals surface area contributed by atoms with Crippen LogP contribution in [0.4, 0.5) is 0 Å². The number of nitrogens with zero attached hydrogens (tertiary/aromatic N) is 1. The summed E-state index contributed by atoms with van der Waals surface area (Å²) in [4.78, 5) is 27.4. The van der Waals surface area contributed by atoms with Crippen LogP contribution in [0.3, 0.4) is 0 Å². The van der Waals surface area contributed by atoms with Crippen molar-refractivity contribution in [2.24, 2.45) is 0 Å². The number of amides is 2. The summed E-state index contributed by atoms with van der Waals surface area (Å²) in [5, 5.41) is 4.15. The van der Waals surface area contributed by atoms with E-state index in [1.165, 1.54) is 0 Å². The second kappa shape index (κ2) is 11.4. The van der Waals surface area contributed by atoms with E-state index in [2.05, 4.69) is 5.32 Å². The predicted octanol–water partition coefficient (Wildman–Crippen LogP) is 5.48. The minimum absolute atomic E-state index is 0.129. The van der Waals surface area contributed by atoms with Crippen molar-refractivity contribution in [3.63, 3.8) is 0 Å². The Labute approximate surface area is 194 Å². The van der Waals surface area contributed by atoms with E-state index in [1.54, 1.807) is 42.2 Å². The SMILES string of the molecule is C[C@H](C(=O)NC(C)(C)C)N(Cc1ccccc1Cl)C(=O)CCCOc1ccc(Cl)cc1. The Hall–Kier alpha value is -2.24. The molecule has 0 aromatic heterocycles. The van der Waals surface area contributed by atoms with Crippen LogP contribution in [0.25, 0.3) is 0 Å². The van der Waals surface area contributed by atoms with E-state index < -0.39 is 11.6 Å². The molecular formula is C24H30Cl2N2O3. The number of hydrogen-bond donors (Lipinski definition) is 1. The lowest BCUT2D eigenvalue weighted by atomic mass is 10.1. The molecule has 0 radical (unpaired) electrons. The fourth-order valence-electron chi connectivity index (χ4n) is 2.95. The van der Waals surface area contributed by atoms with Crippen LogP contribution >= 0.6 is 23.2 Å². The quantitative estimate of drug-likeness (QED) is 0.499. The van der Waals surface area contributed by atoms with Crippen molar-refractivity contribution in [3.05, 3.63) is 64.1 Å². The summed E-state index contributed by atoms with van der Waals surface area (Å²) in [5.41, 5.74) is 0.405. The predicted molar refractivity (Wildman–Crippen MR) is 126 cm³/mol. The van der Waals surface area contributed by atoms with Gasteiger partial charge in [0.25, 0.3) is 0 Å². The Kier molecular flexibility index (Phi) is 9.20. The maximum Gasteiger partial charge on any atom is 0.242 e. The van der Waals surface area contributed by atoms with Gasteiger partial charge in [-0.2, -0.15) is 0 Å². The lowest BCUT2D eigenvalue weighted by molar-refractivity contribution is -0.141. The molecule has 0 heterocycles. The van der Waals surface area contributed by atoms with Crippen LogP contribution in [0, 0.1) is 0 Å². The second-order valence-electron chi connectivity index (χ2n) is 8.43. The van der Waals surface area contributed by atoms with Crippen LogP contribution in [0.15, 0.2) is 48.5 Å². The van der Waals surface area contributed by atoms with Gasteiger partial charge < -0.3 is 15.0 Å². The third-order valence-electron chi connectivity index (χ3n) is 4.58. The van der Waals surface area contributed by atoms with Crippen molar-refractivity contribution < 1.29 is 14.3 Å². The van der Waals surface area contributed by atoms with Crippen LogP contribution in [-0.2, 0) is 16.1 Å². The van der Waals surface area contributed by atoms with Crippen LogP contribution in [0.1, 0.15) is 46.1 Å². The molecule has 1 atom stereocenters. The fraction of sp³-hybridized carbons (Fsp3) is 0.417. The van der Waals surface area contributed by atoms with E-state index in [4.69, 9.17) is 27.9 Å². The highest BCUT2D eigenvalue weighted by Gasteiger charge is 2.28. The molecule has 168 valence electrons. The van der Waals surface area contributed by atoms with Crippen molar-refractivity contribution in [3.8, 4) is 5.75 Å². The maximum atomic E-state index is 13.1. The van der Waals surface area contributed by atoms with Gasteiger partial charge in [-0.05, 0) is 70.0 Å². The molecule has 7 heteroatoms. The molecule has 0 aliphatic carbocycles. The van der Waals surface area contributed by atoms with Gasteiger partial charge in [0.15, 0.2) is 0 Å². The standard InChI is InChI=1S/C24H30Cl2N2O3/c1-17(23(30)27-24(2,3)4)28(16-18-8-5-6-9-21(18)26)22(29)10-7-15-31-20-13-11-19(25)12-14-20/h5-6,8-9,11-14,17H,7,10,15-16H2,1-4H3,(H,27,30)/t17-/m1/s1. The second-order valence-corrected chi connectivity index (χ2v) is 9.28. The Balaban J connectivity index is 2.03. The molecule has 0 saturated heterocycles. The molecule has 2 amide bonds. The summed E-state index contributed by atoms with van der Waals surface area (Å²) in [7, 11) is 0. The first-order valence-electron chi connectivity index (χ1n) is 10.3. The molecule has 0 spiro atoms. The number of carbonyl (C=O) groups excluding carboxylic acids is 2. The van der Waals surface area contributed by atoms with Gasteiger partial charge in [-0.3, -0.25) is 9.59 Å². The maximum absolute atomic E-state index is 13.1. The zero-order valence-electron chi connectivity index (χ0n) is 18.5. The van der Waals surface area contributed by atoms with Crippen molar-refractivity contribution >= 4 is 35.0 Å². The zero-order valence-corrected chi connectivity index (χ0v) is 20.0. The first-order chi connectivity index (χ1) is 14.6. The molecule has 5 nitrogen and oxygen atoms in total. The lowest BCUT2D eigenvalue weighted by Crippen LogP contribution is -2.52. The van der Waals surface area contributed by atoms with Crippen molar-refractivity contribution in [2.75, 3.05) is 6.61 Å². The van der Waals surface area contributed by atoms with Crippen molar-refractivity contribution in [2.45, 2.75) is 58.7 Å². The van der Waals surface area contributed by atoms with Crippen molar-refractivity contribution in [1.29, 1.82) is 0 Å². The summed E-state index contributed by atoms with van der Waals surface area (Å²) in [6, 6.07) is 13.8. The minimum Gasteiger partial charge on any atom is -0.494 e. The number of carbonyl (C=O) groups is 2. The van der Waals surface area contributed by atoms with E-state index in [-0.39, 0.29) is 24.8 Å². The Morgan fingerprint density at radius 3 is 2.32 bits per heavy atom. The fourth-order valence-corrected chi connectivity index (χ4v) is 3.28. The average molecular weight is 465 g/mol. The van der Waals surface area contributed by atoms with Crippen LogP contribution in [0.5, 0.6) is 5.75 Å². The van der Waals surface area contributed by atoms with Gasteiger partial charge in [-0.25, -0.2) is 0 Å².